The number of hydrogen-bond donors (Lipinski definition) is 1. The SMILES string of the molecule is O=C(N[C@H]1CCc2ccccc21)c1cnc2ccccn2c1=O. The zero-order valence-electron chi connectivity index (χ0n) is 12.4. The van der Waals surface area contributed by atoms with Crippen LogP contribution >= 0.6 is 0 Å². The molecule has 0 fully saturated rings. The van der Waals surface area contributed by atoms with Crippen molar-refractivity contribution < 1.29 is 4.79 Å². The molecule has 1 aromatic carbocycles. The number of carbonyl (C=O) groups is 1. The molecule has 1 N–H and O–H groups in total. The van der Waals surface area contributed by atoms with Crippen LogP contribution in [0.1, 0.15) is 33.9 Å². The molecule has 1 aliphatic carbocycles. The van der Waals surface area contributed by atoms with Crippen LogP contribution < -0.4 is 10.9 Å². The molecule has 1 atom stereocenters. The lowest BCUT2D eigenvalue weighted by atomic mass is 10.1. The largest absolute Gasteiger partial charge is 0.345 e. The first-order valence-electron chi connectivity index (χ1n) is 7.59. The van der Waals surface area contributed by atoms with Gasteiger partial charge in [-0.05, 0) is 36.1 Å². The maximum atomic E-state index is 12.5. The second-order valence-corrected chi connectivity index (χ2v) is 5.67. The summed E-state index contributed by atoms with van der Waals surface area (Å²) < 4.78 is 1.39. The number of rotatable bonds is 2. The highest BCUT2D eigenvalue weighted by Crippen LogP contribution is 2.30. The highest BCUT2D eigenvalue weighted by Gasteiger charge is 2.25. The number of nitrogens with one attached hydrogen (secondary N) is 1. The van der Waals surface area contributed by atoms with E-state index in [1.54, 1.807) is 24.4 Å². The van der Waals surface area contributed by atoms with E-state index in [-0.39, 0.29) is 23.1 Å². The fourth-order valence-corrected chi connectivity index (χ4v) is 3.13. The van der Waals surface area contributed by atoms with Gasteiger partial charge in [0.25, 0.3) is 11.5 Å². The van der Waals surface area contributed by atoms with Gasteiger partial charge in [-0.1, -0.05) is 30.3 Å². The summed E-state index contributed by atoms with van der Waals surface area (Å²) in [5.41, 5.74) is 2.64. The Morgan fingerprint density at radius 3 is 2.91 bits per heavy atom. The molecule has 5 nitrogen and oxygen atoms in total. The van der Waals surface area contributed by atoms with Crippen LogP contribution in [0.4, 0.5) is 0 Å². The maximum Gasteiger partial charge on any atom is 0.270 e. The zero-order chi connectivity index (χ0) is 15.8. The minimum absolute atomic E-state index is 0.0467. The second-order valence-electron chi connectivity index (χ2n) is 5.67. The van der Waals surface area contributed by atoms with Crippen molar-refractivity contribution in [1.82, 2.24) is 14.7 Å². The van der Waals surface area contributed by atoms with E-state index in [0.29, 0.717) is 5.65 Å². The van der Waals surface area contributed by atoms with Crippen LogP contribution in [0, 0.1) is 0 Å². The van der Waals surface area contributed by atoms with Gasteiger partial charge in [0, 0.05) is 12.4 Å². The number of nitrogens with zero attached hydrogens (tertiary/aromatic N) is 2. The number of carbonyl (C=O) groups excluding carboxylic acids is 1. The summed E-state index contributed by atoms with van der Waals surface area (Å²) >= 11 is 0. The Morgan fingerprint density at radius 1 is 1.17 bits per heavy atom. The van der Waals surface area contributed by atoms with Crippen molar-refractivity contribution >= 4 is 11.6 Å². The number of fused-ring (bicyclic) bond motifs is 2. The predicted molar refractivity (Wildman–Crippen MR) is 86.4 cm³/mol. The molecule has 114 valence electrons. The molecule has 23 heavy (non-hydrogen) atoms. The average Bonchev–Trinajstić information content (AvgIpc) is 2.98. The fourth-order valence-electron chi connectivity index (χ4n) is 3.13. The van der Waals surface area contributed by atoms with Crippen molar-refractivity contribution in [1.29, 1.82) is 0 Å². The van der Waals surface area contributed by atoms with Gasteiger partial charge in [-0.3, -0.25) is 14.0 Å². The monoisotopic (exact) mass is 305 g/mol. The summed E-state index contributed by atoms with van der Waals surface area (Å²) in [4.78, 5) is 29.1. The second kappa shape index (κ2) is 5.35. The van der Waals surface area contributed by atoms with Crippen molar-refractivity contribution in [3.63, 3.8) is 0 Å². The van der Waals surface area contributed by atoms with Gasteiger partial charge in [-0.25, -0.2) is 4.98 Å². The van der Waals surface area contributed by atoms with Crippen LogP contribution in [0.2, 0.25) is 0 Å². The molecule has 1 aliphatic rings. The highest BCUT2D eigenvalue weighted by molar-refractivity contribution is 5.94. The van der Waals surface area contributed by atoms with E-state index in [2.05, 4.69) is 16.4 Å². The number of amides is 1. The topological polar surface area (TPSA) is 63.5 Å². The van der Waals surface area contributed by atoms with Gasteiger partial charge in [-0.2, -0.15) is 0 Å². The average molecular weight is 305 g/mol. The van der Waals surface area contributed by atoms with Gasteiger partial charge in [-0.15, -0.1) is 0 Å². The van der Waals surface area contributed by atoms with Crippen molar-refractivity contribution in [3.8, 4) is 0 Å². The molecule has 2 heterocycles. The van der Waals surface area contributed by atoms with E-state index in [4.69, 9.17) is 0 Å². The lowest BCUT2D eigenvalue weighted by Crippen LogP contribution is -2.33. The Bertz CT molecular complexity index is 962. The third-order valence-electron chi connectivity index (χ3n) is 4.30. The van der Waals surface area contributed by atoms with E-state index in [1.807, 2.05) is 18.2 Å². The third-order valence-corrected chi connectivity index (χ3v) is 4.30. The molecule has 4 rings (SSSR count). The van der Waals surface area contributed by atoms with Gasteiger partial charge < -0.3 is 5.32 Å². The normalized spacial score (nSPS) is 16.3. The standard InChI is InChI=1S/C18H15N3O2/c22-17(20-15-9-8-12-5-1-2-6-13(12)15)14-11-19-16-7-3-4-10-21(16)18(14)23/h1-7,10-11,15H,8-9H2,(H,20,22)/t15-/m0/s1. The number of hydrogen-bond acceptors (Lipinski definition) is 3. The van der Waals surface area contributed by atoms with Crippen LogP contribution in [0.3, 0.4) is 0 Å². The summed E-state index contributed by atoms with van der Waals surface area (Å²) in [6, 6.07) is 13.3. The number of aromatic nitrogens is 2. The molecule has 5 heteroatoms. The van der Waals surface area contributed by atoms with Crippen LogP contribution in [-0.4, -0.2) is 15.3 Å². The summed E-state index contributed by atoms with van der Waals surface area (Å²) in [6.45, 7) is 0. The van der Waals surface area contributed by atoms with Gasteiger partial charge in [0.05, 0.1) is 6.04 Å². The van der Waals surface area contributed by atoms with Gasteiger partial charge in [0.1, 0.15) is 11.2 Å². The third kappa shape index (κ3) is 2.30. The molecule has 0 saturated carbocycles. The minimum Gasteiger partial charge on any atom is -0.345 e. The number of benzene rings is 1. The molecule has 0 unspecified atom stereocenters. The van der Waals surface area contributed by atoms with E-state index >= 15 is 0 Å². The summed E-state index contributed by atoms with van der Waals surface area (Å²) in [5.74, 6) is -0.373. The first-order valence-corrected chi connectivity index (χ1v) is 7.59. The molecular weight excluding hydrogens is 290 g/mol. The Labute approximate surface area is 132 Å². The molecule has 0 spiro atoms. The molecule has 0 radical (unpaired) electrons. The first-order chi connectivity index (χ1) is 11.2. The van der Waals surface area contributed by atoms with Gasteiger partial charge in [0.2, 0.25) is 0 Å². The van der Waals surface area contributed by atoms with Crippen molar-refractivity contribution in [2.45, 2.75) is 18.9 Å². The molecule has 2 aromatic heterocycles. The van der Waals surface area contributed by atoms with Crippen molar-refractivity contribution in [2.75, 3.05) is 0 Å². The number of aryl methyl sites for hydroxylation is 1. The van der Waals surface area contributed by atoms with Crippen LogP contribution in [-0.2, 0) is 6.42 Å². The van der Waals surface area contributed by atoms with E-state index < -0.39 is 0 Å². The molecular formula is C18H15N3O2. The quantitative estimate of drug-likeness (QED) is 0.788. The van der Waals surface area contributed by atoms with Crippen molar-refractivity contribution in [2.24, 2.45) is 0 Å². The summed E-state index contributed by atoms with van der Waals surface area (Å²) in [5, 5.41) is 2.96. The molecule has 1 amide bonds. The van der Waals surface area contributed by atoms with Crippen LogP contribution in [0.25, 0.3) is 5.65 Å². The first kappa shape index (κ1) is 13.7. The van der Waals surface area contributed by atoms with E-state index in [0.717, 1.165) is 18.4 Å². The fraction of sp³-hybridized carbons (Fsp3) is 0.167. The van der Waals surface area contributed by atoms with E-state index in [9.17, 15) is 9.59 Å². The Kier molecular flexibility index (Phi) is 3.19. The summed E-state index contributed by atoms with van der Waals surface area (Å²) in [6.07, 6.45) is 4.77. The predicted octanol–water partition coefficient (Wildman–Crippen LogP) is 2.11. The Morgan fingerprint density at radius 2 is 2.00 bits per heavy atom. The Balaban J connectivity index is 1.66. The molecule has 3 aromatic rings. The number of pyridine rings is 1. The molecule has 0 aliphatic heterocycles. The minimum atomic E-state index is -0.373. The molecule has 0 saturated heterocycles. The lowest BCUT2D eigenvalue weighted by molar-refractivity contribution is 0.0934. The zero-order valence-corrected chi connectivity index (χ0v) is 12.4. The Hall–Kier alpha value is -2.95. The lowest BCUT2D eigenvalue weighted by Gasteiger charge is -2.14. The van der Waals surface area contributed by atoms with Gasteiger partial charge >= 0.3 is 0 Å². The van der Waals surface area contributed by atoms with Crippen LogP contribution in [0.5, 0.6) is 0 Å². The van der Waals surface area contributed by atoms with E-state index in [1.165, 1.54) is 16.2 Å². The maximum absolute atomic E-state index is 12.5. The van der Waals surface area contributed by atoms with Crippen molar-refractivity contribution in [3.05, 3.63) is 81.9 Å². The highest BCUT2D eigenvalue weighted by atomic mass is 16.2. The smallest absolute Gasteiger partial charge is 0.270 e. The van der Waals surface area contributed by atoms with Gasteiger partial charge in [0.15, 0.2) is 0 Å². The molecule has 0 bridgehead atoms. The van der Waals surface area contributed by atoms with Crippen LogP contribution in [0.15, 0.2) is 59.7 Å². The summed E-state index contributed by atoms with van der Waals surface area (Å²) in [7, 11) is 0.